The second-order valence-corrected chi connectivity index (χ2v) is 5.15. The number of halogens is 1. The first-order valence-electron chi connectivity index (χ1n) is 6.11. The van der Waals surface area contributed by atoms with Gasteiger partial charge in [0.2, 0.25) is 0 Å². The van der Waals surface area contributed by atoms with Crippen LogP contribution in [0.3, 0.4) is 0 Å². The normalized spacial score (nSPS) is 10.8. The summed E-state index contributed by atoms with van der Waals surface area (Å²) in [5.41, 5.74) is 2.50. The van der Waals surface area contributed by atoms with E-state index >= 15 is 0 Å². The third-order valence-corrected chi connectivity index (χ3v) is 3.20. The molecule has 2 aromatic rings. The second-order valence-electron chi connectivity index (χ2n) is 4.24. The smallest absolute Gasteiger partial charge is 0.303 e. The number of azo groups is 1. The Bertz CT molecular complexity index is 607. The van der Waals surface area contributed by atoms with Crippen LogP contribution in [0.15, 0.2) is 63.2 Å². The molecular weight excluding hydrogens is 320 g/mol. The summed E-state index contributed by atoms with van der Waals surface area (Å²) in [6, 6.07) is 15.0. The van der Waals surface area contributed by atoms with Gasteiger partial charge in [-0.15, -0.1) is 0 Å². The Morgan fingerprint density at radius 2 is 1.45 bits per heavy atom. The van der Waals surface area contributed by atoms with Crippen LogP contribution in [-0.4, -0.2) is 11.1 Å². The highest BCUT2D eigenvalue weighted by Crippen LogP contribution is 2.21. The maximum Gasteiger partial charge on any atom is 0.303 e. The minimum absolute atomic E-state index is 0.139. The second kappa shape index (κ2) is 6.96. The number of carboxylic acid groups (broad SMARTS) is 1. The summed E-state index contributed by atoms with van der Waals surface area (Å²) in [5.74, 6) is -0.788. The van der Waals surface area contributed by atoms with Crippen LogP contribution in [0.5, 0.6) is 0 Å². The monoisotopic (exact) mass is 332 g/mol. The van der Waals surface area contributed by atoms with Crippen LogP contribution in [0.4, 0.5) is 11.4 Å². The highest BCUT2D eigenvalue weighted by atomic mass is 79.9. The number of hydrogen-bond acceptors (Lipinski definition) is 3. The van der Waals surface area contributed by atoms with E-state index in [9.17, 15) is 4.79 Å². The molecule has 5 heteroatoms. The van der Waals surface area contributed by atoms with Crippen molar-refractivity contribution in [3.05, 3.63) is 58.6 Å². The fraction of sp³-hybridized carbons (Fsp3) is 0.133. The van der Waals surface area contributed by atoms with Crippen molar-refractivity contribution in [2.45, 2.75) is 12.8 Å². The summed E-state index contributed by atoms with van der Waals surface area (Å²) in [6.45, 7) is 0. The summed E-state index contributed by atoms with van der Waals surface area (Å²) < 4.78 is 0.999. The Kier molecular flexibility index (Phi) is 5.01. The van der Waals surface area contributed by atoms with Crippen LogP contribution < -0.4 is 0 Å². The van der Waals surface area contributed by atoms with Crippen LogP contribution in [0.2, 0.25) is 0 Å². The molecule has 4 nitrogen and oxygen atoms in total. The Morgan fingerprint density at radius 3 is 1.95 bits per heavy atom. The van der Waals surface area contributed by atoms with Gasteiger partial charge in [-0.25, -0.2) is 0 Å². The lowest BCUT2D eigenvalue weighted by Crippen LogP contribution is -1.96. The van der Waals surface area contributed by atoms with E-state index in [1.165, 1.54) is 0 Å². The molecule has 0 aliphatic rings. The number of aryl methyl sites for hydroxylation is 1. The van der Waals surface area contributed by atoms with Gasteiger partial charge in [0.25, 0.3) is 0 Å². The third-order valence-electron chi connectivity index (χ3n) is 2.67. The molecule has 0 fully saturated rings. The highest BCUT2D eigenvalue weighted by molar-refractivity contribution is 9.10. The predicted octanol–water partition coefficient (Wildman–Crippen LogP) is 4.88. The van der Waals surface area contributed by atoms with Crippen molar-refractivity contribution in [2.24, 2.45) is 10.2 Å². The minimum Gasteiger partial charge on any atom is -0.481 e. The molecule has 0 atom stereocenters. The fourth-order valence-electron chi connectivity index (χ4n) is 1.60. The summed E-state index contributed by atoms with van der Waals surface area (Å²) in [6.07, 6.45) is 0.666. The molecule has 0 saturated heterocycles. The molecule has 1 N–H and O–H groups in total. The lowest BCUT2D eigenvalue weighted by atomic mass is 10.1. The van der Waals surface area contributed by atoms with Gasteiger partial charge in [-0.3, -0.25) is 4.79 Å². The average Bonchev–Trinajstić information content (AvgIpc) is 2.45. The van der Waals surface area contributed by atoms with Crippen LogP contribution in [-0.2, 0) is 11.2 Å². The zero-order valence-corrected chi connectivity index (χ0v) is 12.2. The van der Waals surface area contributed by atoms with Gasteiger partial charge in [-0.2, -0.15) is 10.2 Å². The highest BCUT2D eigenvalue weighted by Gasteiger charge is 1.99. The van der Waals surface area contributed by atoms with Crippen molar-refractivity contribution < 1.29 is 9.90 Å². The Morgan fingerprint density at radius 1 is 0.950 bits per heavy atom. The molecule has 102 valence electrons. The first kappa shape index (κ1) is 14.4. The van der Waals surface area contributed by atoms with E-state index in [0.29, 0.717) is 6.42 Å². The zero-order chi connectivity index (χ0) is 14.4. The lowest BCUT2D eigenvalue weighted by Gasteiger charge is -1.99. The van der Waals surface area contributed by atoms with Gasteiger partial charge in [-0.05, 0) is 48.4 Å². The molecule has 0 aromatic heterocycles. The number of rotatable bonds is 5. The predicted molar refractivity (Wildman–Crippen MR) is 80.7 cm³/mol. The number of benzene rings is 2. The molecule has 0 heterocycles. The van der Waals surface area contributed by atoms with Crippen molar-refractivity contribution in [2.75, 3.05) is 0 Å². The fourth-order valence-corrected chi connectivity index (χ4v) is 1.87. The van der Waals surface area contributed by atoms with Crippen LogP contribution in [0.25, 0.3) is 0 Å². The van der Waals surface area contributed by atoms with Gasteiger partial charge in [0.1, 0.15) is 0 Å². The van der Waals surface area contributed by atoms with Crippen LogP contribution in [0.1, 0.15) is 12.0 Å². The maximum atomic E-state index is 10.5. The Balaban J connectivity index is 1.99. The van der Waals surface area contributed by atoms with Crippen LogP contribution in [0, 0.1) is 0 Å². The van der Waals surface area contributed by atoms with E-state index in [0.717, 1.165) is 21.4 Å². The minimum atomic E-state index is -0.788. The zero-order valence-electron chi connectivity index (χ0n) is 10.7. The summed E-state index contributed by atoms with van der Waals surface area (Å²) in [4.78, 5) is 10.5. The molecule has 0 aliphatic carbocycles. The van der Waals surface area contributed by atoms with Crippen molar-refractivity contribution in [1.29, 1.82) is 0 Å². The van der Waals surface area contributed by atoms with Gasteiger partial charge in [0.15, 0.2) is 0 Å². The van der Waals surface area contributed by atoms with Crippen molar-refractivity contribution in [3.8, 4) is 0 Å². The molecule has 20 heavy (non-hydrogen) atoms. The molecule has 0 radical (unpaired) electrons. The van der Waals surface area contributed by atoms with E-state index in [2.05, 4.69) is 26.2 Å². The molecule has 0 unspecified atom stereocenters. The SMILES string of the molecule is O=C(O)CCc1ccc(N=Nc2ccc(Br)cc2)cc1. The van der Waals surface area contributed by atoms with Gasteiger partial charge in [0.05, 0.1) is 11.4 Å². The molecule has 0 bridgehead atoms. The topological polar surface area (TPSA) is 62.0 Å². The van der Waals surface area contributed by atoms with Crippen molar-refractivity contribution >= 4 is 33.3 Å². The van der Waals surface area contributed by atoms with Crippen LogP contribution >= 0.6 is 15.9 Å². The number of hydrogen-bond donors (Lipinski definition) is 1. The average molecular weight is 333 g/mol. The van der Waals surface area contributed by atoms with E-state index in [4.69, 9.17) is 5.11 Å². The summed E-state index contributed by atoms with van der Waals surface area (Å²) in [7, 11) is 0. The van der Waals surface area contributed by atoms with Gasteiger partial charge in [0, 0.05) is 10.9 Å². The molecular formula is C15H13BrN2O2. The van der Waals surface area contributed by atoms with Crippen molar-refractivity contribution in [3.63, 3.8) is 0 Å². The molecule has 0 amide bonds. The molecule has 0 spiro atoms. The first-order chi connectivity index (χ1) is 9.63. The van der Waals surface area contributed by atoms with Crippen molar-refractivity contribution in [1.82, 2.24) is 0 Å². The molecule has 2 aromatic carbocycles. The third kappa shape index (κ3) is 4.59. The van der Waals surface area contributed by atoms with Gasteiger partial charge in [-0.1, -0.05) is 28.1 Å². The number of carbonyl (C=O) groups is 1. The number of nitrogens with zero attached hydrogens (tertiary/aromatic N) is 2. The Hall–Kier alpha value is -2.01. The van der Waals surface area contributed by atoms with E-state index in [-0.39, 0.29) is 6.42 Å². The molecule has 0 aliphatic heterocycles. The van der Waals surface area contributed by atoms with E-state index in [1.54, 1.807) is 0 Å². The largest absolute Gasteiger partial charge is 0.481 e. The quantitative estimate of drug-likeness (QED) is 0.793. The standard InChI is InChI=1S/C15H13BrN2O2/c16-12-4-8-14(9-5-12)18-17-13-6-1-11(2-7-13)3-10-15(19)20/h1-2,4-9H,3,10H2,(H,19,20). The summed E-state index contributed by atoms with van der Waals surface area (Å²) >= 11 is 3.36. The number of carboxylic acids is 1. The van der Waals surface area contributed by atoms with E-state index < -0.39 is 5.97 Å². The van der Waals surface area contributed by atoms with Gasteiger partial charge < -0.3 is 5.11 Å². The van der Waals surface area contributed by atoms with Gasteiger partial charge >= 0.3 is 5.97 Å². The first-order valence-corrected chi connectivity index (χ1v) is 6.91. The maximum absolute atomic E-state index is 10.5. The summed E-state index contributed by atoms with van der Waals surface area (Å²) in [5, 5.41) is 16.9. The molecule has 0 saturated carbocycles. The van der Waals surface area contributed by atoms with E-state index in [1.807, 2.05) is 48.5 Å². The Labute approximate surface area is 125 Å². The molecule has 2 rings (SSSR count). The number of aliphatic carboxylic acids is 1. The lowest BCUT2D eigenvalue weighted by molar-refractivity contribution is -0.136.